The van der Waals surface area contributed by atoms with Gasteiger partial charge in [0.15, 0.2) is 0 Å². The molecule has 0 bridgehead atoms. The molecule has 0 aliphatic heterocycles. The lowest BCUT2D eigenvalue weighted by Gasteiger charge is -2.30. The molecule has 3 aromatic rings. The Kier molecular flexibility index (Phi) is 12.3. The van der Waals surface area contributed by atoms with Gasteiger partial charge in [0.2, 0.25) is 0 Å². The topological polar surface area (TPSA) is 112 Å². The lowest BCUT2D eigenvalue weighted by atomic mass is 9.74. The molecule has 0 aliphatic carbocycles. The van der Waals surface area contributed by atoms with Gasteiger partial charge in [-0.2, -0.15) is 0 Å². The summed E-state index contributed by atoms with van der Waals surface area (Å²) in [7, 11) is 0. The Balaban J connectivity index is 1.58. The quantitative estimate of drug-likeness (QED) is 0.145. The van der Waals surface area contributed by atoms with Crippen molar-refractivity contribution in [2.24, 2.45) is 0 Å². The Morgan fingerprint density at radius 2 is 0.826 bits per heavy atom. The van der Waals surface area contributed by atoms with E-state index in [0.717, 1.165) is 22.3 Å². The maximum atomic E-state index is 11.5. The Hall–Kier alpha value is -4.40. The van der Waals surface area contributed by atoms with Gasteiger partial charge in [0, 0.05) is 22.0 Å². The van der Waals surface area contributed by atoms with Crippen LogP contribution in [0.2, 0.25) is 0 Å². The standard InChI is InChI=1S/C38H46O8/c1-25(2)35(41)45-23-31(39)21-43-33-17-13-29(14-18-33)37(5,6)27-9-11-28(12-10-27)38(7,8)30-15-19-34(20-16-30)44-22-32(40)24-46-36(42)26(3)4/h9-20,31-32,39-40H,1,3,21-24H2,2,4-8H3. The van der Waals surface area contributed by atoms with E-state index in [9.17, 15) is 19.8 Å². The van der Waals surface area contributed by atoms with Crippen molar-refractivity contribution < 1.29 is 38.7 Å². The minimum Gasteiger partial charge on any atom is -0.491 e. The van der Waals surface area contributed by atoms with Crippen LogP contribution in [-0.4, -0.2) is 60.8 Å². The summed E-state index contributed by atoms with van der Waals surface area (Å²) in [6.07, 6.45) is -1.89. The molecule has 46 heavy (non-hydrogen) atoms. The molecule has 0 heterocycles. The minimum absolute atomic E-state index is 0.00286. The third kappa shape index (κ3) is 9.80. The molecule has 0 amide bonds. The fourth-order valence-corrected chi connectivity index (χ4v) is 4.64. The monoisotopic (exact) mass is 630 g/mol. The fraction of sp³-hybridized carbons (Fsp3) is 0.368. The Labute approximate surface area is 272 Å². The Morgan fingerprint density at radius 3 is 1.09 bits per heavy atom. The van der Waals surface area contributed by atoms with E-state index in [-0.39, 0.29) is 48.4 Å². The van der Waals surface area contributed by atoms with Gasteiger partial charge in [-0.15, -0.1) is 0 Å². The second-order valence-corrected chi connectivity index (χ2v) is 12.6. The van der Waals surface area contributed by atoms with E-state index >= 15 is 0 Å². The summed E-state index contributed by atoms with van der Waals surface area (Å²) < 4.78 is 21.3. The number of aliphatic hydroxyl groups excluding tert-OH is 2. The van der Waals surface area contributed by atoms with Crippen molar-refractivity contribution in [1.82, 2.24) is 0 Å². The average Bonchev–Trinajstić information content (AvgIpc) is 3.04. The first-order valence-electron chi connectivity index (χ1n) is 15.2. The van der Waals surface area contributed by atoms with Crippen LogP contribution in [0.15, 0.2) is 97.1 Å². The van der Waals surface area contributed by atoms with E-state index in [1.807, 2.05) is 48.5 Å². The van der Waals surface area contributed by atoms with E-state index < -0.39 is 24.1 Å². The van der Waals surface area contributed by atoms with Crippen LogP contribution >= 0.6 is 0 Å². The SMILES string of the molecule is C=C(C)C(=O)OCC(O)COc1ccc(C(C)(C)c2ccc(C(C)(C)c3ccc(OCC(O)COC(=O)C(=C)C)cc3)cc2)cc1. The number of ether oxygens (including phenoxy) is 4. The number of hydrogen-bond donors (Lipinski definition) is 2. The zero-order valence-electron chi connectivity index (χ0n) is 27.7. The third-order valence-electron chi connectivity index (χ3n) is 7.88. The molecular formula is C38H46O8. The summed E-state index contributed by atoms with van der Waals surface area (Å²) in [6, 6.07) is 24.1. The van der Waals surface area contributed by atoms with E-state index in [0.29, 0.717) is 11.5 Å². The summed E-state index contributed by atoms with van der Waals surface area (Å²) in [5, 5.41) is 20.1. The molecule has 246 valence electrons. The van der Waals surface area contributed by atoms with Crippen molar-refractivity contribution in [1.29, 1.82) is 0 Å². The zero-order chi connectivity index (χ0) is 34.1. The molecule has 0 saturated carbocycles. The van der Waals surface area contributed by atoms with Crippen molar-refractivity contribution in [3.63, 3.8) is 0 Å². The van der Waals surface area contributed by atoms with Gasteiger partial charge in [-0.25, -0.2) is 9.59 Å². The highest BCUT2D eigenvalue weighted by Gasteiger charge is 2.27. The highest BCUT2D eigenvalue weighted by atomic mass is 16.6. The zero-order valence-corrected chi connectivity index (χ0v) is 27.7. The van der Waals surface area contributed by atoms with E-state index in [1.54, 1.807) is 13.8 Å². The Morgan fingerprint density at radius 1 is 0.565 bits per heavy atom. The van der Waals surface area contributed by atoms with Crippen LogP contribution in [-0.2, 0) is 29.9 Å². The highest BCUT2D eigenvalue weighted by Crippen LogP contribution is 2.36. The van der Waals surface area contributed by atoms with Gasteiger partial charge in [0.05, 0.1) is 0 Å². The molecule has 2 atom stereocenters. The molecule has 2 N–H and O–H groups in total. The van der Waals surface area contributed by atoms with E-state index in [1.165, 1.54) is 0 Å². The predicted octanol–water partition coefficient (Wildman–Crippen LogP) is 6.06. The highest BCUT2D eigenvalue weighted by molar-refractivity contribution is 5.87. The van der Waals surface area contributed by atoms with E-state index in [2.05, 4.69) is 65.1 Å². The van der Waals surface area contributed by atoms with Gasteiger partial charge in [-0.3, -0.25) is 0 Å². The summed E-state index contributed by atoms with van der Waals surface area (Å²) in [6.45, 7) is 18.5. The lowest BCUT2D eigenvalue weighted by Crippen LogP contribution is -2.25. The number of rotatable bonds is 16. The molecule has 8 nitrogen and oxygen atoms in total. The van der Waals surface area contributed by atoms with Gasteiger partial charge in [0.1, 0.15) is 50.1 Å². The summed E-state index contributed by atoms with van der Waals surface area (Å²) in [5.41, 5.74) is 4.54. The molecule has 3 aromatic carbocycles. The van der Waals surface area contributed by atoms with Crippen molar-refractivity contribution in [3.05, 3.63) is 119 Å². The van der Waals surface area contributed by atoms with Crippen molar-refractivity contribution in [2.45, 2.75) is 64.6 Å². The summed E-state index contributed by atoms with van der Waals surface area (Å²) in [5.74, 6) is 0.134. The van der Waals surface area contributed by atoms with Gasteiger partial charge < -0.3 is 29.2 Å². The summed E-state index contributed by atoms with van der Waals surface area (Å²) in [4.78, 5) is 23.0. The number of aliphatic hydroxyl groups is 2. The predicted molar refractivity (Wildman–Crippen MR) is 178 cm³/mol. The normalized spacial score (nSPS) is 12.9. The first-order chi connectivity index (χ1) is 21.6. The molecule has 8 heteroatoms. The van der Waals surface area contributed by atoms with Crippen LogP contribution in [0.1, 0.15) is 63.8 Å². The molecule has 0 radical (unpaired) electrons. The second-order valence-electron chi connectivity index (χ2n) is 12.6. The second kappa shape index (κ2) is 15.7. The number of carbonyl (C=O) groups excluding carboxylic acids is 2. The van der Waals surface area contributed by atoms with Crippen LogP contribution in [0.5, 0.6) is 11.5 Å². The molecule has 3 rings (SSSR count). The average molecular weight is 631 g/mol. The van der Waals surface area contributed by atoms with Gasteiger partial charge in [-0.05, 0) is 60.4 Å². The Bertz CT molecular complexity index is 1370. The van der Waals surface area contributed by atoms with Crippen molar-refractivity contribution >= 4 is 11.9 Å². The molecule has 0 saturated heterocycles. The van der Waals surface area contributed by atoms with Gasteiger partial charge >= 0.3 is 11.9 Å². The van der Waals surface area contributed by atoms with Crippen LogP contribution in [0.25, 0.3) is 0 Å². The first-order valence-corrected chi connectivity index (χ1v) is 15.2. The number of benzene rings is 3. The fourth-order valence-electron chi connectivity index (χ4n) is 4.64. The van der Waals surface area contributed by atoms with E-state index in [4.69, 9.17) is 18.9 Å². The number of esters is 2. The molecule has 0 fully saturated rings. The first kappa shape index (κ1) is 36.1. The van der Waals surface area contributed by atoms with Crippen LogP contribution in [0.3, 0.4) is 0 Å². The van der Waals surface area contributed by atoms with Crippen LogP contribution < -0.4 is 9.47 Å². The third-order valence-corrected chi connectivity index (χ3v) is 7.88. The minimum atomic E-state index is -0.945. The number of carbonyl (C=O) groups is 2. The lowest BCUT2D eigenvalue weighted by molar-refractivity contribution is -0.143. The largest absolute Gasteiger partial charge is 0.491 e. The molecule has 0 spiro atoms. The number of hydrogen-bond acceptors (Lipinski definition) is 8. The van der Waals surface area contributed by atoms with Crippen LogP contribution in [0, 0.1) is 0 Å². The maximum absolute atomic E-state index is 11.5. The molecule has 0 aromatic heterocycles. The summed E-state index contributed by atoms with van der Waals surface area (Å²) >= 11 is 0. The van der Waals surface area contributed by atoms with Crippen molar-refractivity contribution in [3.8, 4) is 11.5 Å². The van der Waals surface area contributed by atoms with Crippen molar-refractivity contribution in [2.75, 3.05) is 26.4 Å². The van der Waals surface area contributed by atoms with Gasteiger partial charge in [0.25, 0.3) is 0 Å². The molecular weight excluding hydrogens is 584 g/mol. The van der Waals surface area contributed by atoms with Gasteiger partial charge in [-0.1, -0.05) is 89.4 Å². The van der Waals surface area contributed by atoms with Crippen LogP contribution in [0.4, 0.5) is 0 Å². The molecule has 0 aliphatic rings. The maximum Gasteiger partial charge on any atom is 0.333 e. The smallest absolute Gasteiger partial charge is 0.333 e. The molecule has 2 unspecified atom stereocenters.